The summed E-state index contributed by atoms with van der Waals surface area (Å²) in [6.45, 7) is 1.99. The van der Waals surface area contributed by atoms with E-state index in [1.54, 1.807) is 24.3 Å². The fourth-order valence-corrected chi connectivity index (χ4v) is 1.84. The second-order valence-corrected chi connectivity index (χ2v) is 4.12. The minimum absolute atomic E-state index is 0.0804. The molecule has 2 rings (SSSR count). The molecule has 0 aromatic heterocycles. The Balaban J connectivity index is 2.10. The Labute approximate surface area is 110 Å². The highest BCUT2D eigenvalue weighted by Gasteiger charge is 2.31. The van der Waals surface area contributed by atoms with Crippen molar-refractivity contribution in [2.75, 3.05) is 6.54 Å². The van der Waals surface area contributed by atoms with Gasteiger partial charge in [-0.05, 0) is 18.1 Å². The molecule has 19 heavy (non-hydrogen) atoms. The van der Waals surface area contributed by atoms with Crippen LogP contribution in [0.25, 0.3) is 6.08 Å². The summed E-state index contributed by atoms with van der Waals surface area (Å²) in [6.07, 6.45) is 4.23. The van der Waals surface area contributed by atoms with Gasteiger partial charge >= 0.3 is 11.9 Å². The minimum atomic E-state index is -0.609. The standard InChI is InChI=1S/C14H13NO4/c1-9(16)15-8-3-2-5-10-6-4-7-11-12(10)14(18)19-13(11)17/h2,4-7H,3,8H2,1H3,(H,15,16). The average Bonchev–Trinajstić information content (AvgIpc) is 2.65. The van der Waals surface area contributed by atoms with Crippen LogP contribution < -0.4 is 5.32 Å². The number of amides is 1. The second kappa shape index (κ2) is 5.48. The van der Waals surface area contributed by atoms with E-state index in [9.17, 15) is 14.4 Å². The van der Waals surface area contributed by atoms with E-state index in [0.29, 0.717) is 29.7 Å². The third-order valence-electron chi connectivity index (χ3n) is 2.69. The molecule has 1 aliphatic heterocycles. The number of carbonyl (C=O) groups excluding carboxylic acids is 3. The first-order valence-electron chi connectivity index (χ1n) is 5.90. The molecule has 0 aliphatic carbocycles. The van der Waals surface area contributed by atoms with Crippen molar-refractivity contribution in [1.82, 2.24) is 5.32 Å². The van der Waals surface area contributed by atoms with E-state index in [1.165, 1.54) is 6.92 Å². The molecule has 1 aromatic rings. The van der Waals surface area contributed by atoms with E-state index in [-0.39, 0.29) is 5.91 Å². The van der Waals surface area contributed by atoms with Gasteiger partial charge in [-0.2, -0.15) is 0 Å². The Bertz CT molecular complexity index is 575. The number of hydrogen-bond donors (Lipinski definition) is 1. The van der Waals surface area contributed by atoms with Crippen LogP contribution in [-0.2, 0) is 9.53 Å². The average molecular weight is 259 g/mol. The first-order valence-corrected chi connectivity index (χ1v) is 5.90. The zero-order chi connectivity index (χ0) is 13.8. The quantitative estimate of drug-likeness (QED) is 0.505. The van der Waals surface area contributed by atoms with E-state index in [2.05, 4.69) is 10.1 Å². The number of cyclic esters (lactones) is 2. The van der Waals surface area contributed by atoms with Gasteiger partial charge in [0.05, 0.1) is 11.1 Å². The normalized spacial score (nSPS) is 13.5. The predicted octanol–water partition coefficient (Wildman–Crippen LogP) is 1.54. The molecule has 5 nitrogen and oxygen atoms in total. The second-order valence-electron chi connectivity index (χ2n) is 4.12. The number of esters is 2. The maximum Gasteiger partial charge on any atom is 0.347 e. The fourth-order valence-electron chi connectivity index (χ4n) is 1.84. The van der Waals surface area contributed by atoms with Gasteiger partial charge in [0, 0.05) is 13.5 Å². The number of hydrogen-bond acceptors (Lipinski definition) is 4. The van der Waals surface area contributed by atoms with Crippen molar-refractivity contribution in [2.24, 2.45) is 0 Å². The molecule has 0 bridgehead atoms. The third-order valence-corrected chi connectivity index (χ3v) is 2.69. The topological polar surface area (TPSA) is 72.5 Å². The molecule has 1 aromatic carbocycles. The lowest BCUT2D eigenvalue weighted by molar-refractivity contribution is -0.118. The summed E-state index contributed by atoms with van der Waals surface area (Å²) in [4.78, 5) is 33.6. The Hall–Kier alpha value is -2.43. The molecule has 1 N–H and O–H groups in total. The monoisotopic (exact) mass is 259 g/mol. The van der Waals surface area contributed by atoms with Gasteiger partial charge in [-0.3, -0.25) is 4.79 Å². The van der Waals surface area contributed by atoms with Crippen molar-refractivity contribution in [1.29, 1.82) is 0 Å². The van der Waals surface area contributed by atoms with Crippen LogP contribution in [0.5, 0.6) is 0 Å². The van der Waals surface area contributed by atoms with E-state index in [4.69, 9.17) is 0 Å². The van der Waals surface area contributed by atoms with Crippen LogP contribution in [0.4, 0.5) is 0 Å². The molecule has 5 heteroatoms. The number of carbonyl (C=O) groups is 3. The van der Waals surface area contributed by atoms with E-state index >= 15 is 0 Å². The molecule has 0 unspecified atom stereocenters. The lowest BCUT2D eigenvalue weighted by Gasteiger charge is -1.99. The SMILES string of the molecule is CC(=O)NCCC=Cc1cccc2c1C(=O)OC2=O. The van der Waals surface area contributed by atoms with E-state index in [0.717, 1.165) is 0 Å². The Kier molecular flexibility index (Phi) is 3.75. The molecule has 1 heterocycles. The summed E-state index contributed by atoms with van der Waals surface area (Å²) in [7, 11) is 0. The van der Waals surface area contributed by atoms with Gasteiger partial charge in [0.25, 0.3) is 0 Å². The van der Waals surface area contributed by atoms with E-state index in [1.807, 2.05) is 6.08 Å². The molecule has 1 amide bonds. The highest BCUT2D eigenvalue weighted by molar-refractivity contribution is 6.16. The van der Waals surface area contributed by atoms with Crippen LogP contribution in [0.2, 0.25) is 0 Å². The fraction of sp³-hybridized carbons (Fsp3) is 0.214. The maximum absolute atomic E-state index is 11.5. The number of rotatable bonds is 4. The van der Waals surface area contributed by atoms with Crippen LogP contribution in [0, 0.1) is 0 Å². The number of ether oxygens (including phenoxy) is 1. The van der Waals surface area contributed by atoms with Crippen LogP contribution in [0.1, 0.15) is 39.6 Å². The minimum Gasteiger partial charge on any atom is -0.386 e. The summed E-state index contributed by atoms with van der Waals surface area (Å²) in [6, 6.07) is 5.01. The smallest absolute Gasteiger partial charge is 0.347 e. The summed E-state index contributed by atoms with van der Waals surface area (Å²) in [5.74, 6) is -1.29. The van der Waals surface area contributed by atoms with Gasteiger partial charge in [-0.25, -0.2) is 9.59 Å². The highest BCUT2D eigenvalue weighted by Crippen LogP contribution is 2.24. The van der Waals surface area contributed by atoms with Crippen molar-refractivity contribution in [2.45, 2.75) is 13.3 Å². The molecule has 0 fully saturated rings. The Morgan fingerprint density at radius 2 is 2.11 bits per heavy atom. The molecule has 0 spiro atoms. The molecule has 0 saturated heterocycles. The molecular weight excluding hydrogens is 246 g/mol. The maximum atomic E-state index is 11.5. The van der Waals surface area contributed by atoms with Crippen LogP contribution in [0.15, 0.2) is 24.3 Å². The molecule has 1 aliphatic rings. The number of fused-ring (bicyclic) bond motifs is 1. The molecule has 0 radical (unpaired) electrons. The van der Waals surface area contributed by atoms with Crippen LogP contribution in [-0.4, -0.2) is 24.4 Å². The molecule has 0 atom stereocenters. The first-order chi connectivity index (χ1) is 9.09. The van der Waals surface area contributed by atoms with Gasteiger partial charge in [0.1, 0.15) is 0 Å². The third kappa shape index (κ3) is 2.88. The summed E-state index contributed by atoms with van der Waals surface area (Å²) >= 11 is 0. The molecule has 98 valence electrons. The molecule has 0 saturated carbocycles. The Morgan fingerprint density at radius 3 is 2.84 bits per heavy atom. The molecular formula is C14H13NO4. The summed E-state index contributed by atoms with van der Waals surface area (Å²) < 4.78 is 4.56. The number of benzene rings is 1. The lowest BCUT2D eigenvalue weighted by Crippen LogP contribution is -2.20. The van der Waals surface area contributed by atoms with Crippen molar-refractivity contribution in [3.05, 3.63) is 41.0 Å². The van der Waals surface area contributed by atoms with Crippen LogP contribution >= 0.6 is 0 Å². The lowest BCUT2D eigenvalue weighted by atomic mass is 10.0. The van der Waals surface area contributed by atoms with Gasteiger partial charge in [-0.1, -0.05) is 24.3 Å². The summed E-state index contributed by atoms with van der Waals surface area (Å²) in [5.41, 5.74) is 1.26. The van der Waals surface area contributed by atoms with Gasteiger partial charge in [0.2, 0.25) is 5.91 Å². The summed E-state index contributed by atoms with van der Waals surface area (Å²) in [5, 5.41) is 2.66. The highest BCUT2D eigenvalue weighted by atomic mass is 16.6. The van der Waals surface area contributed by atoms with Crippen LogP contribution in [0.3, 0.4) is 0 Å². The number of nitrogens with one attached hydrogen (secondary N) is 1. The Morgan fingerprint density at radius 1 is 1.32 bits per heavy atom. The predicted molar refractivity (Wildman–Crippen MR) is 68.5 cm³/mol. The largest absolute Gasteiger partial charge is 0.386 e. The first kappa shape index (κ1) is 13.0. The van der Waals surface area contributed by atoms with Gasteiger partial charge < -0.3 is 10.1 Å². The van der Waals surface area contributed by atoms with E-state index < -0.39 is 11.9 Å². The van der Waals surface area contributed by atoms with Crippen molar-refractivity contribution < 1.29 is 19.1 Å². The van der Waals surface area contributed by atoms with Crippen molar-refractivity contribution >= 4 is 23.9 Å². The van der Waals surface area contributed by atoms with Crippen molar-refractivity contribution in [3.8, 4) is 0 Å². The zero-order valence-corrected chi connectivity index (χ0v) is 10.4. The zero-order valence-electron chi connectivity index (χ0n) is 10.4. The van der Waals surface area contributed by atoms with Gasteiger partial charge in [0.15, 0.2) is 0 Å². The van der Waals surface area contributed by atoms with Crippen molar-refractivity contribution in [3.63, 3.8) is 0 Å². The van der Waals surface area contributed by atoms with Gasteiger partial charge in [-0.15, -0.1) is 0 Å².